The van der Waals surface area contributed by atoms with Gasteiger partial charge in [0.25, 0.3) is 0 Å². The Morgan fingerprint density at radius 2 is 2.26 bits per heavy atom. The molecular formula is C15H23N3S. The molecule has 19 heavy (non-hydrogen) atoms. The van der Waals surface area contributed by atoms with Gasteiger partial charge in [-0.2, -0.15) is 11.8 Å². The fourth-order valence-corrected chi connectivity index (χ4v) is 3.74. The first-order valence-corrected chi connectivity index (χ1v) is 8.35. The second-order valence-corrected chi connectivity index (χ2v) is 7.15. The first kappa shape index (κ1) is 13.3. The van der Waals surface area contributed by atoms with Crippen molar-refractivity contribution in [2.75, 3.05) is 17.2 Å². The average Bonchev–Trinajstić information content (AvgIpc) is 3.24. The summed E-state index contributed by atoms with van der Waals surface area (Å²) in [6.07, 6.45) is 6.64. The monoisotopic (exact) mass is 277 g/mol. The molecule has 1 saturated carbocycles. The van der Waals surface area contributed by atoms with E-state index in [-0.39, 0.29) is 0 Å². The van der Waals surface area contributed by atoms with E-state index >= 15 is 0 Å². The van der Waals surface area contributed by atoms with Crippen LogP contribution in [0.5, 0.6) is 0 Å². The van der Waals surface area contributed by atoms with Crippen LogP contribution in [0.1, 0.15) is 32.3 Å². The third-order valence-corrected chi connectivity index (χ3v) is 5.58. The van der Waals surface area contributed by atoms with E-state index in [0.717, 1.165) is 19.1 Å². The van der Waals surface area contributed by atoms with Crippen LogP contribution < -0.4 is 10.2 Å². The van der Waals surface area contributed by atoms with Gasteiger partial charge in [-0.15, -0.1) is 0 Å². The summed E-state index contributed by atoms with van der Waals surface area (Å²) in [5.41, 5.74) is 2.73. The zero-order valence-electron chi connectivity index (χ0n) is 11.8. The Morgan fingerprint density at radius 3 is 3.05 bits per heavy atom. The highest BCUT2D eigenvalue weighted by atomic mass is 32.2. The van der Waals surface area contributed by atoms with E-state index in [1.54, 1.807) is 0 Å². The molecule has 2 heterocycles. The van der Waals surface area contributed by atoms with E-state index in [4.69, 9.17) is 0 Å². The third kappa shape index (κ3) is 3.06. The third-order valence-electron chi connectivity index (χ3n) is 4.24. The quantitative estimate of drug-likeness (QED) is 0.916. The van der Waals surface area contributed by atoms with Crippen molar-refractivity contribution in [3.8, 4) is 0 Å². The highest BCUT2D eigenvalue weighted by molar-refractivity contribution is 8.00. The van der Waals surface area contributed by atoms with Gasteiger partial charge in [-0.3, -0.25) is 4.98 Å². The molecule has 0 radical (unpaired) electrons. The molecule has 1 aliphatic carbocycles. The number of thioether (sulfide) groups is 1. The van der Waals surface area contributed by atoms with E-state index in [1.807, 2.05) is 12.4 Å². The minimum Gasteiger partial charge on any atom is -0.365 e. The minimum atomic E-state index is 0.586. The highest BCUT2D eigenvalue weighted by Gasteiger charge is 2.27. The average molecular weight is 277 g/mol. The number of pyridine rings is 1. The first-order valence-electron chi connectivity index (χ1n) is 7.30. The summed E-state index contributed by atoms with van der Waals surface area (Å²) in [5.74, 6) is 1.22. The van der Waals surface area contributed by atoms with Gasteiger partial charge < -0.3 is 10.2 Å². The van der Waals surface area contributed by atoms with Crippen molar-refractivity contribution in [2.45, 2.75) is 50.6 Å². The summed E-state index contributed by atoms with van der Waals surface area (Å²) in [7, 11) is 0. The van der Waals surface area contributed by atoms with Crippen molar-refractivity contribution in [2.24, 2.45) is 0 Å². The lowest BCUT2D eigenvalue weighted by Gasteiger charge is -2.40. The molecule has 0 spiro atoms. The Hall–Kier alpha value is -0.740. The molecule has 104 valence electrons. The minimum absolute atomic E-state index is 0.586. The van der Waals surface area contributed by atoms with E-state index in [9.17, 15) is 0 Å². The second kappa shape index (κ2) is 5.71. The lowest BCUT2D eigenvalue weighted by molar-refractivity contribution is 0.617. The van der Waals surface area contributed by atoms with Gasteiger partial charge in [0.05, 0.1) is 11.9 Å². The van der Waals surface area contributed by atoms with Crippen molar-refractivity contribution in [3.05, 3.63) is 24.0 Å². The highest BCUT2D eigenvalue weighted by Crippen LogP contribution is 2.31. The van der Waals surface area contributed by atoms with Crippen LogP contribution in [0.3, 0.4) is 0 Å². The molecule has 0 aromatic carbocycles. The zero-order valence-corrected chi connectivity index (χ0v) is 12.6. The molecule has 1 aliphatic heterocycles. The van der Waals surface area contributed by atoms with Crippen LogP contribution in [-0.2, 0) is 6.54 Å². The molecule has 1 saturated heterocycles. The van der Waals surface area contributed by atoms with Crippen LogP contribution in [0.25, 0.3) is 0 Å². The van der Waals surface area contributed by atoms with Crippen molar-refractivity contribution >= 4 is 17.4 Å². The Labute approximate surface area is 120 Å². The fourth-order valence-electron chi connectivity index (χ4n) is 2.64. The van der Waals surface area contributed by atoms with Crippen LogP contribution in [0.4, 0.5) is 5.69 Å². The number of anilines is 1. The van der Waals surface area contributed by atoms with E-state index in [1.165, 1.54) is 29.8 Å². The van der Waals surface area contributed by atoms with Crippen LogP contribution in [0, 0.1) is 0 Å². The molecule has 2 fully saturated rings. The van der Waals surface area contributed by atoms with Crippen molar-refractivity contribution in [1.82, 2.24) is 10.3 Å². The molecular weight excluding hydrogens is 254 g/mol. The van der Waals surface area contributed by atoms with Gasteiger partial charge in [0.1, 0.15) is 0 Å². The fraction of sp³-hybridized carbons (Fsp3) is 0.667. The van der Waals surface area contributed by atoms with Gasteiger partial charge in [0.15, 0.2) is 0 Å². The molecule has 4 heteroatoms. The predicted molar refractivity (Wildman–Crippen MR) is 82.8 cm³/mol. The molecule has 3 nitrogen and oxygen atoms in total. The smallest absolute Gasteiger partial charge is 0.0601 e. The largest absolute Gasteiger partial charge is 0.365 e. The van der Waals surface area contributed by atoms with E-state index in [0.29, 0.717) is 11.3 Å². The van der Waals surface area contributed by atoms with Crippen molar-refractivity contribution in [3.63, 3.8) is 0 Å². The molecule has 0 bridgehead atoms. The van der Waals surface area contributed by atoms with Gasteiger partial charge >= 0.3 is 0 Å². The van der Waals surface area contributed by atoms with Crippen molar-refractivity contribution < 1.29 is 0 Å². The van der Waals surface area contributed by atoms with E-state index in [2.05, 4.69) is 46.9 Å². The lowest BCUT2D eigenvalue weighted by Crippen LogP contribution is -2.45. The number of hydrogen-bond acceptors (Lipinski definition) is 4. The number of hydrogen-bond donors (Lipinski definition) is 1. The number of rotatable bonds is 4. The maximum absolute atomic E-state index is 4.35. The molecule has 2 aliphatic rings. The predicted octanol–water partition coefficient (Wildman–Crippen LogP) is 2.66. The van der Waals surface area contributed by atoms with Gasteiger partial charge in [0.2, 0.25) is 0 Å². The van der Waals surface area contributed by atoms with Crippen molar-refractivity contribution in [1.29, 1.82) is 0 Å². The van der Waals surface area contributed by atoms with Crippen LogP contribution >= 0.6 is 11.8 Å². The number of nitrogens with zero attached hydrogens (tertiary/aromatic N) is 2. The summed E-state index contributed by atoms with van der Waals surface area (Å²) < 4.78 is 0. The second-order valence-electron chi connectivity index (χ2n) is 5.67. The molecule has 2 unspecified atom stereocenters. The summed E-state index contributed by atoms with van der Waals surface area (Å²) in [5, 5.41) is 4.31. The maximum Gasteiger partial charge on any atom is 0.0601 e. The van der Waals surface area contributed by atoms with Crippen LogP contribution in [0.15, 0.2) is 18.5 Å². The van der Waals surface area contributed by atoms with Gasteiger partial charge in [-0.25, -0.2) is 0 Å². The zero-order chi connectivity index (χ0) is 13.2. The summed E-state index contributed by atoms with van der Waals surface area (Å²) in [4.78, 5) is 6.89. The molecule has 0 amide bonds. The Balaban J connectivity index is 1.77. The number of aromatic nitrogens is 1. The molecule has 1 aromatic rings. The Morgan fingerprint density at radius 1 is 1.42 bits per heavy atom. The van der Waals surface area contributed by atoms with Gasteiger partial charge in [-0.1, -0.05) is 6.92 Å². The first-order chi connectivity index (χ1) is 9.25. The summed E-state index contributed by atoms with van der Waals surface area (Å²) in [6, 6.07) is 3.51. The molecule has 1 aromatic heterocycles. The Bertz CT molecular complexity index is 433. The maximum atomic E-state index is 4.35. The summed E-state index contributed by atoms with van der Waals surface area (Å²) >= 11 is 2.08. The standard InChI is InChI=1S/C15H23N3S/c1-11-12(2)19-8-7-18(11)15-10-16-6-5-13(15)9-17-14-3-4-14/h5-6,10-12,14,17H,3-4,7-9H2,1-2H3. The normalized spacial score (nSPS) is 27.6. The lowest BCUT2D eigenvalue weighted by atomic mass is 10.1. The molecule has 3 rings (SSSR count). The SMILES string of the molecule is CC1SCCN(c2cnccc2CNC2CC2)C1C. The van der Waals surface area contributed by atoms with Gasteiger partial charge in [0, 0.05) is 42.4 Å². The Kier molecular flexibility index (Phi) is 3.99. The summed E-state index contributed by atoms with van der Waals surface area (Å²) in [6.45, 7) is 6.79. The van der Waals surface area contributed by atoms with E-state index < -0.39 is 0 Å². The topological polar surface area (TPSA) is 28.2 Å². The van der Waals surface area contributed by atoms with Gasteiger partial charge in [-0.05, 0) is 31.4 Å². The molecule has 2 atom stereocenters. The van der Waals surface area contributed by atoms with Crippen LogP contribution in [-0.4, -0.2) is 34.6 Å². The molecule has 1 N–H and O–H groups in total. The number of nitrogens with one attached hydrogen (secondary N) is 1. The van der Waals surface area contributed by atoms with Crippen LogP contribution in [0.2, 0.25) is 0 Å².